The van der Waals surface area contributed by atoms with Crippen molar-refractivity contribution in [3.05, 3.63) is 71.5 Å². The number of rotatable bonds is 3. The molecule has 0 atom stereocenters. The van der Waals surface area contributed by atoms with Crippen molar-refractivity contribution in [3.8, 4) is 0 Å². The molecular weight excluding hydrogens is 339 g/mol. The van der Waals surface area contributed by atoms with Crippen molar-refractivity contribution in [2.75, 3.05) is 18.4 Å². The predicted molar refractivity (Wildman–Crippen MR) is 108 cm³/mol. The Balaban J connectivity index is 1.77. The molecule has 1 N–H and O–H groups in total. The molecule has 0 aliphatic carbocycles. The zero-order valence-corrected chi connectivity index (χ0v) is 15.5. The highest BCUT2D eigenvalue weighted by molar-refractivity contribution is 6.11. The lowest BCUT2D eigenvalue weighted by atomic mass is 9.97. The fourth-order valence-corrected chi connectivity index (χ4v) is 3.87. The summed E-state index contributed by atoms with van der Waals surface area (Å²) in [5, 5.41) is 5.24. The molecule has 1 heterocycles. The van der Waals surface area contributed by atoms with Crippen LogP contribution in [-0.4, -0.2) is 23.9 Å². The smallest absolute Gasteiger partial charge is 0.254 e. The van der Waals surface area contributed by atoms with Gasteiger partial charge in [0.05, 0.1) is 0 Å². The summed E-state index contributed by atoms with van der Waals surface area (Å²) in [7, 11) is 0. The van der Waals surface area contributed by atoms with Crippen molar-refractivity contribution < 1.29 is 9.18 Å². The van der Waals surface area contributed by atoms with E-state index < -0.39 is 0 Å². The Labute approximate surface area is 158 Å². The summed E-state index contributed by atoms with van der Waals surface area (Å²) in [6, 6.07) is 16.2. The van der Waals surface area contributed by atoms with E-state index >= 15 is 0 Å². The van der Waals surface area contributed by atoms with Crippen LogP contribution in [0.3, 0.4) is 0 Å². The molecule has 27 heavy (non-hydrogen) atoms. The van der Waals surface area contributed by atoms with Crippen LogP contribution in [-0.2, 0) is 0 Å². The van der Waals surface area contributed by atoms with E-state index in [0.29, 0.717) is 5.69 Å². The minimum atomic E-state index is -0.280. The van der Waals surface area contributed by atoms with E-state index in [0.717, 1.165) is 53.5 Å². The topological polar surface area (TPSA) is 32.3 Å². The van der Waals surface area contributed by atoms with Gasteiger partial charge in [-0.3, -0.25) is 4.79 Å². The number of amides is 1. The zero-order chi connectivity index (χ0) is 18.8. The first kappa shape index (κ1) is 17.5. The number of nitrogens with zero attached hydrogens (tertiary/aromatic N) is 1. The Bertz CT molecular complexity index is 993. The Hall–Kier alpha value is -2.88. The molecule has 138 valence electrons. The van der Waals surface area contributed by atoms with Gasteiger partial charge >= 0.3 is 0 Å². The van der Waals surface area contributed by atoms with Crippen LogP contribution in [0.15, 0.2) is 54.6 Å². The summed E-state index contributed by atoms with van der Waals surface area (Å²) in [6.07, 6.45) is 3.34. The fourth-order valence-electron chi connectivity index (χ4n) is 3.87. The molecule has 1 saturated heterocycles. The molecule has 3 aromatic rings. The number of nitrogens with one attached hydrogen (secondary N) is 1. The molecule has 1 fully saturated rings. The first-order valence-electron chi connectivity index (χ1n) is 9.48. The van der Waals surface area contributed by atoms with E-state index in [1.165, 1.54) is 18.6 Å². The van der Waals surface area contributed by atoms with Gasteiger partial charge in [0.25, 0.3) is 5.91 Å². The monoisotopic (exact) mass is 362 g/mol. The number of piperidine rings is 1. The Morgan fingerprint density at radius 2 is 1.78 bits per heavy atom. The molecule has 0 aromatic heterocycles. The summed E-state index contributed by atoms with van der Waals surface area (Å²) in [4.78, 5) is 15.1. The van der Waals surface area contributed by atoms with Gasteiger partial charge in [-0.15, -0.1) is 0 Å². The predicted octanol–water partition coefficient (Wildman–Crippen LogP) is 5.66. The van der Waals surface area contributed by atoms with Crippen molar-refractivity contribution >= 4 is 28.1 Å². The largest absolute Gasteiger partial charge is 0.355 e. The molecule has 0 spiro atoms. The summed E-state index contributed by atoms with van der Waals surface area (Å²) in [5.74, 6) is -0.177. The van der Waals surface area contributed by atoms with Gasteiger partial charge in [0.15, 0.2) is 0 Å². The molecule has 3 nitrogen and oxygen atoms in total. The molecule has 4 heteroatoms. The Morgan fingerprint density at radius 1 is 1.00 bits per heavy atom. The second-order valence-electron chi connectivity index (χ2n) is 7.15. The number of anilines is 2. The van der Waals surface area contributed by atoms with Crippen molar-refractivity contribution in [1.29, 1.82) is 0 Å². The molecular formula is C23H23FN2O. The van der Waals surface area contributed by atoms with Crippen molar-refractivity contribution in [3.63, 3.8) is 0 Å². The van der Waals surface area contributed by atoms with E-state index in [9.17, 15) is 9.18 Å². The van der Waals surface area contributed by atoms with Crippen LogP contribution < -0.4 is 5.32 Å². The van der Waals surface area contributed by atoms with Crippen molar-refractivity contribution in [1.82, 2.24) is 4.90 Å². The molecule has 3 aromatic carbocycles. The molecule has 1 aliphatic heterocycles. The van der Waals surface area contributed by atoms with Gasteiger partial charge < -0.3 is 10.2 Å². The second kappa shape index (κ2) is 7.39. The summed E-state index contributed by atoms with van der Waals surface area (Å²) in [6.45, 7) is 3.69. The van der Waals surface area contributed by atoms with E-state index in [2.05, 4.69) is 5.32 Å². The fraction of sp³-hybridized carbons (Fsp3) is 0.261. The number of fused-ring (bicyclic) bond motifs is 1. The van der Waals surface area contributed by atoms with Crippen LogP contribution in [0, 0.1) is 12.7 Å². The summed E-state index contributed by atoms with van der Waals surface area (Å²) < 4.78 is 13.5. The van der Waals surface area contributed by atoms with Crippen LogP contribution in [0.2, 0.25) is 0 Å². The highest BCUT2D eigenvalue weighted by Crippen LogP contribution is 2.32. The maximum absolute atomic E-state index is 13.5. The first-order valence-corrected chi connectivity index (χ1v) is 9.48. The molecule has 0 bridgehead atoms. The lowest BCUT2D eigenvalue weighted by Gasteiger charge is -2.27. The van der Waals surface area contributed by atoms with Gasteiger partial charge in [-0.2, -0.15) is 0 Å². The van der Waals surface area contributed by atoms with Crippen LogP contribution in [0.5, 0.6) is 0 Å². The molecule has 1 aliphatic rings. The zero-order valence-electron chi connectivity index (χ0n) is 15.5. The number of likely N-dealkylation sites (tertiary alicyclic amines) is 1. The third-order valence-corrected chi connectivity index (χ3v) is 5.23. The number of carbonyl (C=O) groups is 1. The molecule has 0 unspecified atom stereocenters. The van der Waals surface area contributed by atoms with Crippen LogP contribution in [0.1, 0.15) is 35.2 Å². The van der Waals surface area contributed by atoms with Gasteiger partial charge in [0.2, 0.25) is 0 Å². The van der Waals surface area contributed by atoms with Gasteiger partial charge in [-0.05, 0) is 67.5 Å². The van der Waals surface area contributed by atoms with Gasteiger partial charge in [0, 0.05) is 35.4 Å². The van der Waals surface area contributed by atoms with Crippen LogP contribution in [0.4, 0.5) is 15.8 Å². The minimum absolute atomic E-state index is 0.103. The maximum atomic E-state index is 13.5. The average Bonchev–Trinajstić information content (AvgIpc) is 2.69. The Kier molecular flexibility index (Phi) is 4.80. The van der Waals surface area contributed by atoms with Gasteiger partial charge in [-0.1, -0.05) is 24.3 Å². The minimum Gasteiger partial charge on any atom is -0.355 e. The van der Waals surface area contributed by atoms with Gasteiger partial charge in [0.1, 0.15) is 5.82 Å². The van der Waals surface area contributed by atoms with Crippen molar-refractivity contribution in [2.45, 2.75) is 26.2 Å². The molecule has 1 amide bonds. The normalized spacial score (nSPS) is 14.4. The number of benzene rings is 3. The molecule has 0 saturated carbocycles. The average molecular weight is 362 g/mol. The number of aryl methyl sites for hydroxylation is 1. The lowest BCUT2D eigenvalue weighted by Crippen LogP contribution is -2.35. The summed E-state index contributed by atoms with van der Waals surface area (Å²) in [5.41, 5.74) is 3.37. The van der Waals surface area contributed by atoms with E-state index in [1.54, 1.807) is 6.07 Å². The van der Waals surface area contributed by atoms with Crippen LogP contribution >= 0.6 is 0 Å². The van der Waals surface area contributed by atoms with Crippen LogP contribution in [0.25, 0.3) is 10.8 Å². The number of carbonyl (C=O) groups excluding carboxylic acids is 1. The molecule has 0 radical (unpaired) electrons. The highest BCUT2D eigenvalue weighted by Gasteiger charge is 2.21. The highest BCUT2D eigenvalue weighted by atomic mass is 19.1. The van der Waals surface area contributed by atoms with Gasteiger partial charge in [-0.25, -0.2) is 4.39 Å². The third-order valence-electron chi connectivity index (χ3n) is 5.23. The molecule has 4 rings (SSSR count). The third kappa shape index (κ3) is 3.52. The SMILES string of the molecule is Cc1cccc2c(Nc3cccc(F)c3)ccc(C(=O)N3CCCCC3)c12. The summed E-state index contributed by atoms with van der Waals surface area (Å²) >= 11 is 0. The standard InChI is InChI=1S/C23H23FN2O/c1-16-7-5-10-19-21(25-18-9-6-8-17(24)15-18)12-11-20(22(16)19)23(27)26-13-3-2-4-14-26/h5-12,15,25H,2-4,13-14H2,1H3. The maximum Gasteiger partial charge on any atom is 0.254 e. The van der Waals surface area contributed by atoms with E-state index in [4.69, 9.17) is 0 Å². The number of hydrogen-bond acceptors (Lipinski definition) is 2. The van der Waals surface area contributed by atoms with Crippen molar-refractivity contribution in [2.24, 2.45) is 0 Å². The second-order valence-corrected chi connectivity index (χ2v) is 7.15. The first-order chi connectivity index (χ1) is 13.1. The van der Waals surface area contributed by atoms with E-state index in [1.807, 2.05) is 48.2 Å². The number of hydrogen-bond donors (Lipinski definition) is 1. The lowest BCUT2D eigenvalue weighted by molar-refractivity contribution is 0.0726. The Morgan fingerprint density at radius 3 is 2.56 bits per heavy atom. The quantitative estimate of drug-likeness (QED) is 0.652. The number of halogens is 1. The van der Waals surface area contributed by atoms with E-state index in [-0.39, 0.29) is 11.7 Å².